The van der Waals surface area contributed by atoms with Gasteiger partial charge in [0.25, 0.3) is 0 Å². The molecule has 1 aromatic rings. The Morgan fingerprint density at radius 2 is 2.23 bits per heavy atom. The number of carbonyl (C=O) groups excluding carboxylic acids is 2. The molecule has 1 heterocycles. The van der Waals surface area contributed by atoms with E-state index < -0.39 is 5.60 Å². The molecule has 2 rings (SSSR count). The third kappa shape index (κ3) is 4.46. The van der Waals surface area contributed by atoms with E-state index >= 15 is 0 Å². The Hall–Kier alpha value is -2.08. The van der Waals surface area contributed by atoms with Crippen LogP contribution in [0.5, 0.6) is 5.75 Å². The second-order valence-corrected chi connectivity index (χ2v) is 5.80. The van der Waals surface area contributed by atoms with Crippen LogP contribution in [-0.4, -0.2) is 53.7 Å². The second-order valence-electron chi connectivity index (χ2n) is 5.80. The highest BCUT2D eigenvalue weighted by molar-refractivity contribution is 5.83. The number of aryl methyl sites for hydroxylation is 1. The van der Waals surface area contributed by atoms with Crippen molar-refractivity contribution in [3.05, 3.63) is 29.8 Å². The minimum absolute atomic E-state index is 0.0375. The molecule has 2 N–H and O–H groups in total. The molecule has 120 valence electrons. The molecule has 0 spiro atoms. The maximum absolute atomic E-state index is 11.9. The Bertz CT molecular complexity index is 561. The quantitative estimate of drug-likeness (QED) is 0.829. The van der Waals surface area contributed by atoms with Crippen molar-refractivity contribution in [2.24, 2.45) is 0 Å². The summed E-state index contributed by atoms with van der Waals surface area (Å²) < 4.78 is 5.64. The number of β-amino-alcohol motifs (C(OH)–C–C–N with tert-alkyl or cyclic N) is 1. The number of hydrogen-bond acceptors (Lipinski definition) is 4. The van der Waals surface area contributed by atoms with Crippen molar-refractivity contribution in [1.29, 1.82) is 0 Å². The van der Waals surface area contributed by atoms with E-state index in [9.17, 15) is 14.7 Å². The monoisotopic (exact) mass is 306 g/mol. The first-order chi connectivity index (χ1) is 10.4. The first-order valence-electron chi connectivity index (χ1n) is 7.32. The van der Waals surface area contributed by atoms with Gasteiger partial charge in [0.15, 0.2) is 0 Å². The number of ether oxygens (including phenoxy) is 1. The fourth-order valence-corrected chi connectivity index (χ4v) is 2.42. The van der Waals surface area contributed by atoms with Crippen LogP contribution in [0.25, 0.3) is 0 Å². The highest BCUT2D eigenvalue weighted by Crippen LogP contribution is 2.23. The number of nitrogens with zero attached hydrogens (tertiary/aromatic N) is 1. The van der Waals surface area contributed by atoms with Crippen LogP contribution in [0, 0.1) is 6.92 Å². The van der Waals surface area contributed by atoms with Crippen LogP contribution in [0.2, 0.25) is 0 Å². The van der Waals surface area contributed by atoms with E-state index in [1.807, 2.05) is 31.2 Å². The Labute approximate surface area is 130 Å². The van der Waals surface area contributed by atoms with Crippen LogP contribution in [0.15, 0.2) is 24.3 Å². The average Bonchev–Trinajstić information content (AvgIpc) is 2.86. The molecule has 1 atom stereocenters. The number of amides is 2. The number of likely N-dealkylation sites (tertiary alicyclic amines) is 1. The summed E-state index contributed by atoms with van der Waals surface area (Å²) in [5.41, 5.74) is 0.0401. The molecule has 1 aliphatic rings. The maximum atomic E-state index is 11.9. The lowest BCUT2D eigenvalue weighted by Crippen LogP contribution is -2.43. The van der Waals surface area contributed by atoms with E-state index in [0.29, 0.717) is 18.7 Å². The zero-order valence-electron chi connectivity index (χ0n) is 13.0. The number of hydrogen-bond donors (Lipinski definition) is 2. The van der Waals surface area contributed by atoms with E-state index in [2.05, 4.69) is 5.32 Å². The summed E-state index contributed by atoms with van der Waals surface area (Å²) in [7, 11) is 0. The lowest BCUT2D eigenvalue weighted by Gasteiger charge is -2.23. The van der Waals surface area contributed by atoms with Crippen LogP contribution >= 0.6 is 0 Å². The van der Waals surface area contributed by atoms with E-state index in [4.69, 9.17) is 4.74 Å². The number of aliphatic hydroxyl groups is 1. The first kappa shape index (κ1) is 16.3. The van der Waals surface area contributed by atoms with E-state index in [0.717, 1.165) is 5.56 Å². The molecule has 6 heteroatoms. The van der Waals surface area contributed by atoms with Crippen molar-refractivity contribution < 1.29 is 19.4 Å². The third-order valence-corrected chi connectivity index (χ3v) is 3.67. The predicted molar refractivity (Wildman–Crippen MR) is 81.5 cm³/mol. The summed E-state index contributed by atoms with van der Waals surface area (Å²) in [6.45, 7) is 4.12. The first-order valence-corrected chi connectivity index (χ1v) is 7.32. The van der Waals surface area contributed by atoms with Gasteiger partial charge in [0.1, 0.15) is 18.0 Å². The summed E-state index contributed by atoms with van der Waals surface area (Å²) in [6, 6.07) is 7.61. The molecule has 0 radical (unpaired) electrons. The number of carbonyl (C=O) groups is 2. The average molecular weight is 306 g/mol. The molecule has 1 saturated heterocycles. The highest BCUT2D eigenvalue weighted by atomic mass is 16.5. The lowest BCUT2D eigenvalue weighted by molar-refractivity contribution is -0.132. The molecule has 1 aliphatic heterocycles. The van der Waals surface area contributed by atoms with Crippen LogP contribution in [0.4, 0.5) is 0 Å². The van der Waals surface area contributed by atoms with E-state index in [1.165, 1.54) is 6.92 Å². The minimum atomic E-state index is -1.05. The molecule has 0 saturated carbocycles. The van der Waals surface area contributed by atoms with Crippen molar-refractivity contribution in [3.8, 4) is 5.75 Å². The Balaban J connectivity index is 1.85. The molecular weight excluding hydrogens is 284 g/mol. The molecule has 0 aliphatic carbocycles. The van der Waals surface area contributed by atoms with E-state index in [1.54, 1.807) is 4.90 Å². The highest BCUT2D eigenvalue weighted by Gasteiger charge is 2.38. The molecule has 0 aromatic heterocycles. The van der Waals surface area contributed by atoms with Gasteiger partial charge in [0, 0.05) is 13.5 Å². The maximum Gasteiger partial charge on any atom is 0.242 e. The fourth-order valence-electron chi connectivity index (χ4n) is 2.42. The molecule has 0 bridgehead atoms. The fraction of sp³-hybridized carbons (Fsp3) is 0.500. The molecule has 6 nitrogen and oxygen atoms in total. The van der Waals surface area contributed by atoms with Gasteiger partial charge >= 0.3 is 0 Å². The third-order valence-electron chi connectivity index (χ3n) is 3.67. The van der Waals surface area contributed by atoms with Gasteiger partial charge in [-0.2, -0.15) is 0 Å². The SMILES string of the molecule is CC(=O)NCC(=O)N1CC[C@@](O)(COc2cccc(C)c2)C1. The topological polar surface area (TPSA) is 78.9 Å². The van der Waals surface area contributed by atoms with Gasteiger partial charge in [-0.25, -0.2) is 0 Å². The zero-order chi connectivity index (χ0) is 16.2. The molecule has 1 aromatic carbocycles. The molecule has 0 unspecified atom stereocenters. The normalized spacial score (nSPS) is 20.8. The summed E-state index contributed by atoms with van der Waals surface area (Å²) in [5.74, 6) is 0.267. The summed E-state index contributed by atoms with van der Waals surface area (Å²) in [6.07, 6.45) is 0.463. The molecule has 22 heavy (non-hydrogen) atoms. The van der Waals surface area contributed by atoms with Crippen LogP contribution in [0.3, 0.4) is 0 Å². The van der Waals surface area contributed by atoms with Crippen molar-refractivity contribution >= 4 is 11.8 Å². The molecular formula is C16H22N2O4. The number of rotatable bonds is 5. The smallest absolute Gasteiger partial charge is 0.242 e. The number of nitrogens with one attached hydrogen (secondary N) is 1. The zero-order valence-corrected chi connectivity index (χ0v) is 13.0. The number of benzene rings is 1. The van der Waals surface area contributed by atoms with Gasteiger partial charge in [-0.3, -0.25) is 9.59 Å². The van der Waals surface area contributed by atoms with Crippen molar-refractivity contribution in [3.63, 3.8) is 0 Å². The summed E-state index contributed by atoms with van der Waals surface area (Å²) in [5, 5.41) is 13.0. The lowest BCUT2D eigenvalue weighted by atomic mass is 10.1. The van der Waals surface area contributed by atoms with Gasteiger partial charge in [0.2, 0.25) is 11.8 Å². The predicted octanol–water partition coefficient (Wildman–Crippen LogP) is 0.473. The Morgan fingerprint density at radius 3 is 2.91 bits per heavy atom. The minimum Gasteiger partial charge on any atom is -0.491 e. The van der Waals surface area contributed by atoms with Crippen molar-refractivity contribution in [2.45, 2.75) is 25.9 Å². The largest absolute Gasteiger partial charge is 0.491 e. The standard InChI is InChI=1S/C16H22N2O4/c1-12-4-3-5-14(8-12)22-11-16(21)6-7-18(10-16)15(20)9-17-13(2)19/h3-5,8,21H,6-7,9-11H2,1-2H3,(H,17,19)/t16-/m0/s1. The molecule has 1 fully saturated rings. The van der Waals surface area contributed by atoms with Gasteiger partial charge in [-0.15, -0.1) is 0 Å². The van der Waals surface area contributed by atoms with Crippen LogP contribution in [0.1, 0.15) is 18.9 Å². The van der Waals surface area contributed by atoms with E-state index in [-0.39, 0.29) is 31.5 Å². The van der Waals surface area contributed by atoms with Gasteiger partial charge in [-0.1, -0.05) is 12.1 Å². The Kier molecular flexibility index (Phi) is 5.03. The van der Waals surface area contributed by atoms with Gasteiger partial charge in [-0.05, 0) is 31.0 Å². The molecule has 2 amide bonds. The van der Waals surface area contributed by atoms with Crippen molar-refractivity contribution in [2.75, 3.05) is 26.2 Å². The van der Waals surface area contributed by atoms with Crippen LogP contribution in [-0.2, 0) is 9.59 Å². The van der Waals surface area contributed by atoms with Gasteiger partial charge < -0.3 is 20.1 Å². The second kappa shape index (κ2) is 6.79. The Morgan fingerprint density at radius 1 is 1.45 bits per heavy atom. The van der Waals surface area contributed by atoms with Crippen LogP contribution < -0.4 is 10.1 Å². The summed E-state index contributed by atoms with van der Waals surface area (Å²) >= 11 is 0. The summed E-state index contributed by atoms with van der Waals surface area (Å²) in [4.78, 5) is 24.3. The van der Waals surface area contributed by atoms with Gasteiger partial charge in [0.05, 0.1) is 13.1 Å². The van der Waals surface area contributed by atoms with Crippen molar-refractivity contribution in [1.82, 2.24) is 10.2 Å².